The van der Waals surface area contributed by atoms with Crippen molar-refractivity contribution in [3.63, 3.8) is 0 Å². The van der Waals surface area contributed by atoms with E-state index in [1.807, 2.05) is 24.3 Å². The highest BCUT2D eigenvalue weighted by Crippen LogP contribution is 2.29. The van der Waals surface area contributed by atoms with Gasteiger partial charge >= 0.3 is 0 Å². The molecule has 21 heavy (non-hydrogen) atoms. The van der Waals surface area contributed by atoms with Crippen molar-refractivity contribution in [1.82, 2.24) is 0 Å². The first-order valence-electron chi connectivity index (χ1n) is 7.93. The zero-order valence-electron chi connectivity index (χ0n) is 12.9. The Morgan fingerprint density at radius 3 is 2.52 bits per heavy atom. The van der Waals surface area contributed by atoms with E-state index in [1.165, 1.54) is 6.42 Å². The molecule has 116 valence electrons. The summed E-state index contributed by atoms with van der Waals surface area (Å²) in [4.78, 5) is 12.1. The van der Waals surface area contributed by atoms with Crippen LogP contribution in [0.2, 0.25) is 0 Å². The van der Waals surface area contributed by atoms with Gasteiger partial charge in [-0.25, -0.2) is 0 Å². The van der Waals surface area contributed by atoms with Crippen molar-refractivity contribution >= 4 is 11.6 Å². The van der Waals surface area contributed by atoms with Crippen LogP contribution < -0.4 is 15.8 Å². The van der Waals surface area contributed by atoms with Gasteiger partial charge in [0.15, 0.2) is 0 Å². The maximum atomic E-state index is 12.1. The SMILES string of the molecule is CCCOc1ccc(NC(=O)CC2(N)CCCCC2)cc1. The van der Waals surface area contributed by atoms with Crippen molar-refractivity contribution < 1.29 is 9.53 Å². The molecule has 1 aliphatic carbocycles. The molecule has 0 heterocycles. The highest BCUT2D eigenvalue weighted by molar-refractivity contribution is 5.91. The van der Waals surface area contributed by atoms with Crippen LogP contribution >= 0.6 is 0 Å². The summed E-state index contributed by atoms with van der Waals surface area (Å²) in [6, 6.07) is 7.49. The lowest BCUT2D eigenvalue weighted by Crippen LogP contribution is -2.44. The first-order valence-corrected chi connectivity index (χ1v) is 7.93. The molecule has 0 saturated heterocycles. The molecule has 4 nitrogen and oxygen atoms in total. The maximum absolute atomic E-state index is 12.1. The van der Waals surface area contributed by atoms with E-state index in [0.717, 1.165) is 43.5 Å². The number of nitrogens with two attached hydrogens (primary N) is 1. The second kappa shape index (κ2) is 7.46. The van der Waals surface area contributed by atoms with Gasteiger partial charge in [-0.05, 0) is 43.5 Å². The van der Waals surface area contributed by atoms with Gasteiger partial charge in [-0.2, -0.15) is 0 Å². The van der Waals surface area contributed by atoms with Crippen LogP contribution in [0.1, 0.15) is 51.9 Å². The van der Waals surface area contributed by atoms with Gasteiger partial charge in [0.05, 0.1) is 6.61 Å². The Morgan fingerprint density at radius 1 is 1.24 bits per heavy atom. The highest BCUT2D eigenvalue weighted by Gasteiger charge is 2.29. The average Bonchev–Trinajstić information content (AvgIpc) is 2.46. The Morgan fingerprint density at radius 2 is 1.90 bits per heavy atom. The minimum Gasteiger partial charge on any atom is -0.494 e. The van der Waals surface area contributed by atoms with Crippen molar-refractivity contribution in [3.8, 4) is 5.75 Å². The molecule has 0 aromatic heterocycles. The monoisotopic (exact) mass is 290 g/mol. The minimum absolute atomic E-state index is 0.00151. The fourth-order valence-electron chi connectivity index (χ4n) is 2.81. The molecule has 1 amide bonds. The number of carbonyl (C=O) groups excluding carboxylic acids is 1. The van der Waals surface area contributed by atoms with E-state index in [0.29, 0.717) is 13.0 Å². The molecule has 1 aromatic rings. The van der Waals surface area contributed by atoms with Crippen LogP contribution in [0.25, 0.3) is 0 Å². The normalized spacial score (nSPS) is 17.2. The number of nitrogens with one attached hydrogen (secondary N) is 1. The van der Waals surface area contributed by atoms with E-state index in [-0.39, 0.29) is 11.4 Å². The van der Waals surface area contributed by atoms with Gasteiger partial charge in [0, 0.05) is 17.6 Å². The predicted octanol–water partition coefficient (Wildman–Crippen LogP) is 3.47. The molecule has 1 aliphatic rings. The van der Waals surface area contributed by atoms with Crippen LogP contribution in [-0.4, -0.2) is 18.1 Å². The molecule has 2 rings (SSSR count). The van der Waals surface area contributed by atoms with Crippen molar-refractivity contribution in [1.29, 1.82) is 0 Å². The van der Waals surface area contributed by atoms with Crippen molar-refractivity contribution in [3.05, 3.63) is 24.3 Å². The van der Waals surface area contributed by atoms with Gasteiger partial charge in [-0.3, -0.25) is 4.79 Å². The summed E-state index contributed by atoms with van der Waals surface area (Å²) < 4.78 is 5.52. The Kier molecular flexibility index (Phi) is 5.62. The first-order chi connectivity index (χ1) is 10.1. The van der Waals surface area contributed by atoms with Crippen LogP contribution in [0.5, 0.6) is 5.75 Å². The van der Waals surface area contributed by atoms with Crippen molar-refractivity contribution in [2.24, 2.45) is 5.73 Å². The van der Waals surface area contributed by atoms with Gasteiger partial charge < -0.3 is 15.8 Å². The van der Waals surface area contributed by atoms with E-state index in [4.69, 9.17) is 10.5 Å². The zero-order chi connectivity index (χ0) is 15.1. The minimum atomic E-state index is -0.313. The fraction of sp³-hybridized carbons (Fsp3) is 0.588. The Labute approximate surface area is 127 Å². The molecule has 1 saturated carbocycles. The molecule has 0 unspecified atom stereocenters. The highest BCUT2D eigenvalue weighted by atomic mass is 16.5. The fourth-order valence-corrected chi connectivity index (χ4v) is 2.81. The van der Waals surface area contributed by atoms with Crippen LogP contribution in [0.3, 0.4) is 0 Å². The zero-order valence-corrected chi connectivity index (χ0v) is 12.9. The number of carbonyl (C=O) groups is 1. The summed E-state index contributed by atoms with van der Waals surface area (Å²) in [7, 11) is 0. The second-order valence-electron chi connectivity index (χ2n) is 6.02. The third kappa shape index (κ3) is 5.05. The van der Waals surface area contributed by atoms with Crippen LogP contribution in [0.4, 0.5) is 5.69 Å². The van der Waals surface area contributed by atoms with E-state index >= 15 is 0 Å². The largest absolute Gasteiger partial charge is 0.494 e. The number of benzene rings is 1. The average molecular weight is 290 g/mol. The van der Waals surface area contributed by atoms with Gasteiger partial charge in [0.25, 0.3) is 0 Å². The molecular weight excluding hydrogens is 264 g/mol. The number of amides is 1. The molecule has 0 bridgehead atoms. The molecule has 0 radical (unpaired) electrons. The second-order valence-corrected chi connectivity index (χ2v) is 6.02. The van der Waals surface area contributed by atoms with E-state index in [9.17, 15) is 4.79 Å². The number of rotatable bonds is 6. The predicted molar refractivity (Wildman–Crippen MR) is 85.5 cm³/mol. The number of hydrogen-bond acceptors (Lipinski definition) is 3. The molecule has 0 aliphatic heterocycles. The van der Waals surface area contributed by atoms with Crippen molar-refractivity contribution in [2.45, 2.75) is 57.4 Å². The Balaban J connectivity index is 1.84. The Bertz CT molecular complexity index is 450. The molecule has 0 atom stereocenters. The first kappa shape index (κ1) is 15.8. The topological polar surface area (TPSA) is 64.3 Å². The summed E-state index contributed by atoms with van der Waals surface area (Å²) in [5, 5.41) is 2.92. The summed E-state index contributed by atoms with van der Waals surface area (Å²) in [6.07, 6.45) is 6.78. The van der Waals surface area contributed by atoms with Gasteiger partial charge in [0.2, 0.25) is 5.91 Å². The van der Waals surface area contributed by atoms with Gasteiger partial charge in [0.1, 0.15) is 5.75 Å². The lowest BCUT2D eigenvalue weighted by molar-refractivity contribution is -0.117. The van der Waals surface area contributed by atoms with Gasteiger partial charge in [-0.1, -0.05) is 26.2 Å². The number of anilines is 1. The van der Waals surface area contributed by atoms with Crippen LogP contribution in [0, 0.1) is 0 Å². The third-order valence-electron chi connectivity index (χ3n) is 3.97. The lowest BCUT2D eigenvalue weighted by atomic mass is 9.80. The smallest absolute Gasteiger partial charge is 0.226 e. The molecule has 0 spiro atoms. The standard InChI is InChI=1S/C17H26N2O2/c1-2-12-21-15-8-6-14(7-9-15)19-16(20)13-17(18)10-4-3-5-11-17/h6-9H,2-5,10-13,18H2,1H3,(H,19,20). The summed E-state index contributed by atoms with van der Waals surface area (Å²) in [5.41, 5.74) is 6.79. The Hall–Kier alpha value is -1.55. The third-order valence-corrected chi connectivity index (χ3v) is 3.97. The lowest BCUT2D eigenvalue weighted by Gasteiger charge is -2.32. The van der Waals surface area contributed by atoms with Crippen molar-refractivity contribution in [2.75, 3.05) is 11.9 Å². The summed E-state index contributed by atoms with van der Waals surface area (Å²) in [5.74, 6) is 0.832. The molecule has 1 aromatic carbocycles. The van der Waals surface area contributed by atoms with E-state index in [1.54, 1.807) is 0 Å². The maximum Gasteiger partial charge on any atom is 0.226 e. The van der Waals surface area contributed by atoms with Crippen LogP contribution in [0.15, 0.2) is 24.3 Å². The summed E-state index contributed by atoms with van der Waals surface area (Å²) in [6.45, 7) is 2.78. The van der Waals surface area contributed by atoms with Crippen LogP contribution in [-0.2, 0) is 4.79 Å². The van der Waals surface area contributed by atoms with Gasteiger partial charge in [-0.15, -0.1) is 0 Å². The molecule has 1 fully saturated rings. The molecule has 3 N–H and O–H groups in total. The van der Waals surface area contributed by atoms with E-state index < -0.39 is 0 Å². The summed E-state index contributed by atoms with van der Waals surface area (Å²) >= 11 is 0. The molecule has 4 heteroatoms. The molecular formula is C17H26N2O2. The number of hydrogen-bond donors (Lipinski definition) is 2. The quantitative estimate of drug-likeness (QED) is 0.843. The van der Waals surface area contributed by atoms with E-state index in [2.05, 4.69) is 12.2 Å². The number of ether oxygens (including phenoxy) is 1.